The SMILES string of the molecule is CSc1nc(-c2ccc3c(c2)OCCO3)c(C#N)c(=O)[nH]1. The van der Waals surface area contributed by atoms with Crippen LogP contribution in [-0.4, -0.2) is 29.4 Å². The Hall–Kier alpha value is -2.46. The predicted octanol–water partition coefficient (Wildman–Crippen LogP) is 1.80. The second-order valence-corrected chi connectivity index (χ2v) is 5.06. The van der Waals surface area contributed by atoms with Crippen molar-refractivity contribution < 1.29 is 9.47 Å². The van der Waals surface area contributed by atoms with Gasteiger partial charge < -0.3 is 14.5 Å². The van der Waals surface area contributed by atoms with E-state index in [-0.39, 0.29) is 5.56 Å². The zero-order valence-electron chi connectivity index (χ0n) is 11.2. The maximum absolute atomic E-state index is 11.9. The standard InChI is InChI=1S/C14H11N3O3S/c1-21-14-16-12(9(7-15)13(18)17-14)8-2-3-10-11(6-8)20-5-4-19-10/h2-3,6H,4-5H2,1H3,(H,16,17,18). The normalized spacial score (nSPS) is 12.8. The van der Waals surface area contributed by atoms with Crippen LogP contribution in [0.3, 0.4) is 0 Å². The first kappa shape index (κ1) is 13.5. The number of benzene rings is 1. The second kappa shape index (κ2) is 5.50. The molecule has 0 unspecified atom stereocenters. The summed E-state index contributed by atoms with van der Waals surface area (Å²) in [6, 6.07) is 7.16. The number of nitrogens with zero attached hydrogens (tertiary/aromatic N) is 2. The van der Waals surface area contributed by atoms with Gasteiger partial charge >= 0.3 is 0 Å². The molecule has 1 aromatic heterocycles. The van der Waals surface area contributed by atoms with Gasteiger partial charge in [0.1, 0.15) is 24.8 Å². The van der Waals surface area contributed by atoms with Gasteiger partial charge in [-0.3, -0.25) is 4.79 Å². The van der Waals surface area contributed by atoms with Crippen LogP contribution < -0.4 is 15.0 Å². The van der Waals surface area contributed by atoms with Gasteiger partial charge in [-0.05, 0) is 24.5 Å². The van der Waals surface area contributed by atoms with Crippen molar-refractivity contribution in [3.8, 4) is 28.8 Å². The number of ether oxygens (including phenoxy) is 2. The second-order valence-electron chi connectivity index (χ2n) is 4.27. The average molecular weight is 301 g/mol. The summed E-state index contributed by atoms with van der Waals surface area (Å²) in [4.78, 5) is 18.8. The third kappa shape index (κ3) is 2.45. The van der Waals surface area contributed by atoms with E-state index in [1.54, 1.807) is 24.5 Å². The smallest absolute Gasteiger partial charge is 0.270 e. The van der Waals surface area contributed by atoms with Gasteiger partial charge in [-0.1, -0.05) is 11.8 Å². The van der Waals surface area contributed by atoms with Crippen LogP contribution in [0.4, 0.5) is 0 Å². The molecule has 6 nitrogen and oxygen atoms in total. The van der Waals surface area contributed by atoms with Crippen molar-refractivity contribution in [3.05, 3.63) is 34.1 Å². The fourth-order valence-corrected chi connectivity index (χ4v) is 2.43. The van der Waals surface area contributed by atoms with Crippen LogP contribution in [0.2, 0.25) is 0 Å². The Labute approximate surface area is 124 Å². The van der Waals surface area contributed by atoms with Gasteiger partial charge in [0.15, 0.2) is 16.7 Å². The van der Waals surface area contributed by atoms with Crippen LogP contribution in [0.1, 0.15) is 5.56 Å². The molecule has 21 heavy (non-hydrogen) atoms. The van der Waals surface area contributed by atoms with Crippen LogP contribution in [-0.2, 0) is 0 Å². The number of nitriles is 1. The van der Waals surface area contributed by atoms with E-state index in [1.807, 2.05) is 6.07 Å². The molecule has 0 aliphatic carbocycles. The number of rotatable bonds is 2. The number of aromatic nitrogens is 2. The Balaban J connectivity index is 2.18. The molecule has 1 aliphatic heterocycles. The Morgan fingerprint density at radius 3 is 2.81 bits per heavy atom. The van der Waals surface area contributed by atoms with Crippen molar-refractivity contribution in [1.29, 1.82) is 5.26 Å². The summed E-state index contributed by atoms with van der Waals surface area (Å²) < 4.78 is 11.0. The molecule has 0 amide bonds. The summed E-state index contributed by atoms with van der Waals surface area (Å²) >= 11 is 1.31. The van der Waals surface area contributed by atoms with E-state index >= 15 is 0 Å². The minimum Gasteiger partial charge on any atom is -0.486 e. The Morgan fingerprint density at radius 1 is 1.33 bits per heavy atom. The van der Waals surface area contributed by atoms with Crippen molar-refractivity contribution in [3.63, 3.8) is 0 Å². The fraction of sp³-hybridized carbons (Fsp3) is 0.214. The molecule has 0 saturated carbocycles. The Bertz CT molecular complexity index is 795. The highest BCUT2D eigenvalue weighted by molar-refractivity contribution is 7.98. The van der Waals surface area contributed by atoms with Gasteiger partial charge in [0.2, 0.25) is 0 Å². The number of thioether (sulfide) groups is 1. The van der Waals surface area contributed by atoms with Gasteiger partial charge in [0.25, 0.3) is 5.56 Å². The first-order valence-electron chi connectivity index (χ1n) is 6.21. The fourth-order valence-electron chi connectivity index (χ4n) is 2.05. The summed E-state index contributed by atoms with van der Waals surface area (Å²) in [6.07, 6.45) is 1.80. The average Bonchev–Trinajstić information content (AvgIpc) is 2.53. The highest BCUT2D eigenvalue weighted by Crippen LogP contribution is 2.34. The first-order chi connectivity index (χ1) is 10.2. The van der Waals surface area contributed by atoms with Crippen LogP contribution in [0.15, 0.2) is 28.2 Å². The van der Waals surface area contributed by atoms with Gasteiger partial charge in [0, 0.05) is 5.56 Å². The van der Waals surface area contributed by atoms with E-state index in [2.05, 4.69) is 9.97 Å². The summed E-state index contributed by atoms with van der Waals surface area (Å²) in [7, 11) is 0. The molecule has 2 aromatic rings. The van der Waals surface area contributed by atoms with Crippen LogP contribution in [0, 0.1) is 11.3 Å². The van der Waals surface area contributed by atoms with Gasteiger partial charge in [-0.15, -0.1) is 0 Å². The number of aromatic amines is 1. The molecule has 0 atom stereocenters. The molecule has 2 heterocycles. The third-order valence-electron chi connectivity index (χ3n) is 3.02. The molecule has 106 valence electrons. The topological polar surface area (TPSA) is 88.0 Å². The highest BCUT2D eigenvalue weighted by atomic mass is 32.2. The van der Waals surface area contributed by atoms with Crippen LogP contribution in [0.5, 0.6) is 11.5 Å². The number of H-pyrrole nitrogens is 1. The molecule has 3 rings (SSSR count). The summed E-state index contributed by atoms with van der Waals surface area (Å²) in [5, 5.41) is 9.65. The van der Waals surface area contributed by atoms with Gasteiger partial charge in [-0.2, -0.15) is 5.26 Å². The zero-order chi connectivity index (χ0) is 14.8. The molecule has 1 N–H and O–H groups in total. The maximum Gasteiger partial charge on any atom is 0.270 e. The summed E-state index contributed by atoms with van der Waals surface area (Å²) in [6.45, 7) is 0.982. The van der Waals surface area contributed by atoms with Crippen molar-refractivity contribution in [2.45, 2.75) is 5.16 Å². The molecule has 7 heteroatoms. The Kier molecular flexibility index (Phi) is 3.54. The van der Waals surface area contributed by atoms with E-state index in [0.29, 0.717) is 41.1 Å². The molecular formula is C14H11N3O3S. The van der Waals surface area contributed by atoms with E-state index in [9.17, 15) is 10.1 Å². The van der Waals surface area contributed by atoms with E-state index in [4.69, 9.17) is 9.47 Å². The van der Waals surface area contributed by atoms with Gasteiger partial charge in [-0.25, -0.2) is 4.98 Å². The monoisotopic (exact) mass is 301 g/mol. The van der Waals surface area contributed by atoms with Crippen molar-refractivity contribution in [1.82, 2.24) is 9.97 Å². The van der Waals surface area contributed by atoms with E-state index in [0.717, 1.165) is 0 Å². The lowest BCUT2D eigenvalue weighted by atomic mass is 10.1. The number of fused-ring (bicyclic) bond motifs is 1. The zero-order valence-corrected chi connectivity index (χ0v) is 12.0. The molecule has 1 aromatic carbocycles. The third-order valence-corrected chi connectivity index (χ3v) is 3.60. The van der Waals surface area contributed by atoms with E-state index < -0.39 is 5.56 Å². The molecule has 0 spiro atoms. The minimum atomic E-state index is -0.443. The largest absolute Gasteiger partial charge is 0.486 e. The molecule has 0 saturated heterocycles. The predicted molar refractivity (Wildman–Crippen MR) is 77.8 cm³/mol. The lowest BCUT2D eigenvalue weighted by molar-refractivity contribution is 0.171. The molecule has 0 bridgehead atoms. The molecule has 1 aliphatic rings. The van der Waals surface area contributed by atoms with Crippen molar-refractivity contribution >= 4 is 11.8 Å². The minimum absolute atomic E-state index is 0.00974. The summed E-state index contributed by atoms with van der Waals surface area (Å²) in [5.41, 5.74) is 0.547. The molecular weight excluding hydrogens is 290 g/mol. The van der Waals surface area contributed by atoms with Crippen LogP contribution >= 0.6 is 11.8 Å². The van der Waals surface area contributed by atoms with Crippen molar-refractivity contribution in [2.24, 2.45) is 0 Å². The first-order valence-corrected chi connectivity index (χ1v) is 7.44. The van der Waals surface area contributed by atoms with Gasteiger partial charge in [0.05, 0.1) is 5.69 Å². The number of hydrogen-bond acceptors (Lipinski definition) is 6. The highest BCUT2D eigenvalue weighted by Gasteiger charge is 2.17. The number of nitrogens with one attached hydrogen (secondary N) is 1. The quantitative estimate of drug-likeness (QED) is 0.672. The Morgan fingerprint density at radius 2 is 2.10 bits per heavy atom. The number of hydrogen-bond donors (Lipinski definition) is 1. The molecule has 0 fully saturated rings. The lowest BCUT2D eigenvalue weighted by Gasteiger charge is -2.18. The van der Waals surface area contributed by atoms with Crippen LogP contribution in [0.25, 0.3) is 11.3 Å². The lowest BCUT2D eigenvalue weighted by Crippen LogP contribution is -2.16. The van der Waals surface area contributed by atoms with E-state index in [1.165, 1.54) is 11.8 Å². The maximum atomic E-state index is 11.9. The van der Waals surface area contributed by atoms with Crippen molar-refractivity contribution in [2.75, 3.05) is 19.5 Å². The summed E-state index contributed by atoms with van der Waals surface area (Å²) in [5.74, 6) is 1.24. The molecule has 0 radical (unpaired) electrons.